The van der Waals surface area contributed by atoms with Gasteiger partial charge in [0, 0.05) is 31.4 Å². The first kappa shape index (κ1) is 18.0. The van der Waals surface area contributed by atoms with Gasteiger partial charge in [-0.25, -0.2) is 4.98 Å². The molecule has 138 valence electrons. The van der Waals surface area contributed by atoms with Crippen LogP contribution in [-0.2, 0) is 11.3 Å². The Balaban J connectivity index is 1.75. The Labute approximate surface area is 152 Å². The van der Waals surface area contributed by atoms with E-state index in [-0.39, 0.29) is 5.91 Å². The van der Waals surface area contributed by atoms with Gasteiger partial charge in [0.05, 0.1) is 33.0 Å². The summed E-state index contributed by atoms with van der Waals surface area (Å²) < 4.78 is 16.1. The zero-order valence-corrected chi connectivity index (χ0v) is 15.0. The van der Waals surface area contributed by atoms with Crippen molar-refractivity contribution in [2.75, 3.05) is 45.4 Å². The van der Waals surface area contributed by atoms with E-state index in [0.717, 1.165) is 18.7 Å². The van der Waals surface area contributed by atoms with Gasteiger partial charge in [0.15, 0.2) is 11.5 Å². The van der Waals surface area contributed by atoms with Crippen molar-refractivity contribution in [1.29, 1.82) is 0 Å². The maximum atomic E-state index is 12.8. The van der Waals surface area contributed by atoms with Crippen LogP contribution < -0.4 is 19.7 Å². The van der Waals surface area contributed by atoms with Crippen LogP contribution in [0.25, 0.3) is 0 Å². The van der Waals surface area contributed by atoms with Gasteiger partial charge in [0.25, 0.3) is 5.91 Å². The zero-order chi connectivity index (χ0) is 18.4. The Morgan fingerprint density at radius 2 is 2.00 bits per heavy atom. The van der Waals surface area contributed by atoms with Crippen LogP contribution in [0.4, 0.5) is 5.82 Å². The second-order valence-corrected chi connectivity index (χ2v) is 5.81. The third-order valence-corrected chi connectivity index (χ3v) is 4.27. The van der Waals surface area contributed by atoms with Crippen LogP contribution in [-0.4, -0.2) is 51.4 Å². The van der Waals surface area contributed by atoms with Crippen molar-refractivity contribution in [3.8, 4) is 11.5 Å². The Bertz CT molecular complexity index is 760. The van der Waals surface area contributed by atoms with Crippen molar-refractivity contribution in [2.24, 2.45) is 0 Å². The van der Waals surface area contributed by atoms with E-state index in [1.807, 2.05) is 18.2 Å². The maximum Gasteiger partial charge on any atom is 0.255 e. The quantitative estimate of drug-likeness (QED) is 0.851. The molecule has 1 aromatic heterocycles. The second kappa shape index (κ2) is 8.53. The first-order valence-electron chi connectivity index (χ1n) is 8.50. The number of carbonyl (C=O) groups excluding carboxylic acids is 1. The predicted molar refractivity (Wildman–Crippen MR) is 98.0 cm³/mol. The third kappa shape index (κ3) is 3.88. The molecule has 0 saturated carbocycles. The molecule has 0 spiro atoms. The normalized spacial score (nSPS) is 14.0. The fourth-order valence-electron chi connectivity index (χ4n) is 2.96. The Kier molecular flexibility index (Phi) is 5.91. The number of para-hydroxylation sites is 1. The standard InChI is InChI=1S/C19H23N3O4/c1-24-16-7-3-5-14(17(16)25-2)13-21-19(23)15-6-4-8-20-18(15)22-9-11-26-12-10-22/h3-8H,9-13H2,1-2H3,(H,21,23). The summed E-state index contributed by atoms with van der Waals surface area (Å²) >= 11 is 0. The molecule has 1 fully saturated rings. The highest BCUT2D eigenvalue weighted by Crippen LogP contribution is 2.30. The van der Waals surface area contributed by atoms with E-state index in [9.17, 15) is 4.79 Å². The third-order valence-electron chi connectivity index (χ3n) is 4.27. The molecule has 1 N–H and O–H groups in total. The Hall–Kier alpha value is -2.80. The second-order valence-electron chi connectivity index (χ2n) is 5.81. The Morgan fingerprint density at radius 3 is 2.73 bits per heavy atom. The zero-order valence-electron chi connectivity index (χ0n) is 15.0. The molecular weight excluding hydrogens is 334 g/mol. The van der Waals surface area contributed by atoms with Gasteiger partial charge in [-0.3, -0.25) is 4.79 Å². The number of hydrogen-bond donors (Lipinski definition) is 1. The molecule has 0 aliphatic carbocycles. The maximum absolute atomic E-state index is 12.8. The monoisotopic (exact) mass is 357 g/mol. The van der Waals surface area contributed by atoms with E-state index in [2.05, 4.69) is 15.2 Å². The summed E-state index contributed by atoms with van der Waals surface area (Å²) in [5, 5.41) is 2.95. The van der Waals surface area contributed by atoms with Crippen LogP contribution in [0.15, 0.2) is 36.5 Å². The molecule has 1 amide bonds. The van der Waals surface area contributed by atoms with E-state index in [1.54, 1.807) is 32.5 Å². The van der Waals surface area contributed by atoms with Gasteiger partial charge in [-0.2, -0.15) is 0 Å². The van der Waals surface area contributed by atoms with Crippen LogP contribution in [0.2, 0.25) is 0 Å². The number of nitrogens with one attached hydrogen (secondary N) is 1. The van der Waals surface area contributed by atoms with Gasteiger partial charge in [-0.1, -0.05) is 12.1 Å². The molecule has 7 heteroatoms. The number of aromatic nitrogens is 1. The molecule has 1 aliphatic rings. The molecule has 0 atom stereocenters. The number of methoxy groups -OCH3 is 2. The number of rotatable bonds is 6. The fourth-order valence-corrected chi connectivity index (χ4v) is 2.96. The minimum Gasteiger partial charge on any atom is -0.493 e. The molecule has 26 heavy (non-hydrogen) atoms. The minimum absolute atomic E-state index is 0.176. The largest absolute Gasteiger partial charge is 0.493 e. The molecule has 3 rings (SSSR count). The highest BCUT2D eigenvalue weighted by atomic mass is 16.5. The molecule has 0 radical (unpaired) electrons. The lowest BCUT2D eigenvalue weighted by molar-refractivity contribution is 0.0948. The number of ether oxygens (including phenoxy) is 3. The number of hydrogen-bond acceptors (Lipinski definition) is 6. The van der Waals surface area contributed by atoms with Crippen LogP contribution in [0, 0.1) is 0 Å². The van der Waals surface area contributed by atoms with E-state index >= 15 is 0 Å². The minimum atomic E-state index is -0.176. The number of benzene rings is 1. The fraction of sp³-hybridized carbons (Fsp3) is 0.368. The predicted octanol–water partition coefficient (Wildman–Crippen LogP) is 1.87. The average Bonchev–Trinajstić information content (AvgIpc) is 2.72. The van der Waals surface area contributed by atoms with Crippen molar-refractivity contribution in [1.82, 2.24) is 10.3 Å². The first-order valence-corrected chi connectivity index (χ1v) is 8.50. The lowest BCUT2D eigenvalue weighted by atomic mass is 10.1. The smallest absolute Gasteiger partial charge is 0.255 e. The summed E-state index contributed by atoms with van der Waals surface area (Å²) in [4.78, 5) is 19.2. The lowest BCUT2D eigenvalue weighted by Crippen LogP contribution is -2.38. The SMILES string of the molecule is COc1cccc(CNC(=O)c2cccnc2N2CCOCC2)c1OC. The number of pyridine rings is 1. The number of morpholine rings is 1. The first-order chi connectivity index (χ1) is 12.7. The van der Waals surface area contributed by atoms with E-state index in [0.29, 0.717) is 42.6 Å². The van der Waals surface area contributed by atoms with Crippen molar-refractivity contribution >= 4 is 11.7 Å². The summed E-state index contributed by atoms with van der Waals surface area (Å²) in [6.07, 6.45) is 1.70. The number of nitrogens with zero attached hydrogens (tertiary/aromatic N) is 2. The van der Waals surface area contributed by atoms with Gasteiger partial charge in [-0.05, 0) is 18.2 Å². The number of anilines is 1. The number of amides is 1. The molecule has 7 nitrogen and oxygen atoms in total. The molecule has 0 bridgehead atoms. The summed E-state index contributed by atoms with van der Waals surface area (Å²) in [6, 6.07) is 9.14. The van der Waals surface area contributed by atoms with Crippen LogP contribution in [0.3, 0.4) is 0 Å². The molecular formula is C19H23N3O4. The van der Waals surface area contributed by atoms with E-state index in [1.165, 1.54) is 0 Å². The van der Waals surface area contributed by atoms with Crippen molar-refractivity contribution < 1.29 is 19.0 Å². The average molecular weight is 357 g/mol. The Morgan fingerprint density at radius 1 is 1.19 bits per heavy atom. The van der Waals surface area contributed by atoms with Crippen LogP contribution >= 0.6 is 0 Å². The van der Waals surface area contributed by atoms with Gasteiger partial charge in [0.2, 0.25) is 0 Å². The highest BCUT2D eigenvalue weighted by molar-refractivity contribution is 5.98. The topological polar surface area (TPSA) is 72.9 Å². The summed E-state index contributed by atoms with van der Waals surface area (Å²) in [6.45, 7) is 3.05. The van der Waals surface area contributed by atoms with E-state index < -0.39 is 0 Å². The molecule has 1 aromatic carbocycles. The van der Waals surface area contributed by atoms with Gasteiger partial charge >= 0.3 is 0 Å². The summed E-state index contributed by atoms with van der Waals surface area (Å²) in [5.41, 5.74) is 1.40. The molecule has 2 aromatic rings. The summed E-state index contributed by atoms with van der Waals surface area (Å²) in [5.74, 6) is 1.76. The lowest BCUT2D eigenvalue weighted by Gasteiger charge is -2.29. The van der Waals surface area contributed by atoms with Crippen molar-refractivity contribution in [3.63, 3.8) is 0 Å². The van der Waals surface area contributed by atoms with Crippen molar-refractivity contribution in [3.05, 3.63) is 47.7 Å². The van der Waals surface area contributed by atoms with Gasteiger partial charge < -0.3 is 24.4 Å². The highest BCUT2D eigenvalue weighted by Gasteiger charge is 2.20. The molecule has 1 saturated heterocycles. The van der Waals surface area contributed by atoms with E-state index in [4.69, 9.17) is 14.2 Å². The van der Waals surface area contributed by atoms with Crippen LogP contribution in [0.1, 0.15) is 15.9 Å². The number of carbonyl (C=O) groups is 1. The molecule has 1 aliphatic heterocycles. The van der Waals surface area contributed by atoms with Gasteiger partial charge in [0.1, 0.15) is 5.82 Å². The van der Waals surface area contributed by atoms with Crippen molar-refractivity contribution in [2.45, 2.75) is 6.54 Å². The van der Waals surface area contributed by atoms with Crippen LogP contribution in [0.5, 0.6) is 11.5 Å². The molecule has 0 unspecified atom stereocenters. The summed E-state index contributed by atoms with van der Waals surface area (Å²) in [7, 11) is 3.17. The molecule has 2 heterocycles. The van der Waals surface area contributed by atoms with Gasteiger partial charge in [-0.15, -0.1) is 0 Å².